The number of aromatic nitrogens is 1. The van der Waals surface area contributed by atoms with E-state index >= 15 is 0 Å². The van der Waals surface area contributed by atoms with Crippen molar-refractivity contribution in [2.24, 2.45) is 0 Å². The zero-order chi connectivity index (χ0) is 36.9. The third-order valence-corrected chi connectivity index (χ3v) is 8.78. The zero-order valence-electron chi connectivity index (χ0n) is 29.2. The van der Waals surface area contributed by atoms with Crippen molar-refractivity contribution in [3.8, 4) is 22.4 Å². The molecule has 0 aliphatic carbocycles. The molecule has 4 rings (SSSR count). The average Bonchev–Trinajstić information content (AvgIpc) is 3.43. The van der Waals surface area contributed by atoms with Crippen LogP contribution in [0.2, 0.25) is 0 Å². The molecule has 0 aliphatic rings. The highest BCUT2D eigenvalue weighted by atomic mass is 19.1. The Bertz CT molecular complexity index is 1680. The smallest absolute Gasteiger partial charge is 0.305 e. The van der Waals surface area contributed by atoms with Crippen molar-refractivity contribution in [2.75, 3.05) is 18.4 Å². The van der Waals surface area contributed by atoms with Crippen molar-refractivity contribution in [1.29, 1.82) is 0 Å². The third-order valence-electron chi connectivity index (χ3n) is 8.78. The highest BCUT2D eigenvalue weighted by Crippen LogP contribution is 2.42. The highest BCUT2D eigenvalue weighted by Gasteiger charge is 2.31. The van der Waals surface area contributed by atoms with E-state index in [9.17, 15) is 34.4 Å². The molecule has 7 N–H and O–H groups in total. The van der Waals surface area contributed by atoms with Gasteiger partial charge in [0.1, 0.15) is 5.82 Å². The molecule has 0 bridgehead atoms. The van der Waals surface area contributed by atoms with Crippen LogP contribution in [-0.4, -0.2) is 79.5 Å². The second kappa shape index (κ2) is 19.3. The number of nitrogens with zero attached hydrogens (tertiary/aromatic N) is 1. The summed E-state index contributed by atoms with van der Waals surface area (Å²) in [7, 11) is 0. The van der Waals surface area contributed by atoms with Gasteiger partial charge >= 0.3 is 5.97 Å². The van der Waals surface area contributed by atoms with Crippen LogP contribution in [0.1, 0.15) is 74.3 Å². The first-order valence-corrected chi connectivity index (χ1v) is 17.5. The van der Waals surface area contributed by atoms with E-state index in [-0.39, 0.29) is 36.9 Å². The molecule has 4 aromatic rings. The minimum atomic E-state index is -1.13. The predicted molar refractivity (Wildman–Crippen MR) is 196 cm³/mol. The van der Waals surface area contributed by atoms with Crippen LogP contribution in [0.5, 0.6) is 0 Å². The molecule has 0 saturated carbocycles. The van der Waals surface area contributed by atoms with Crippen LogP contribution in [0.3, 0.4) is 0 Å². The molecule has 0 saturated heterocycles. The normalized spacial score (nSPS) is 13.9. The molecule has 4 atom stereocenters. The predicted octanol–water partition coefficient (Wildman–Crippen LogP) is 5.80. The lowest BCUT2D eigenvalue weighted by Gasteiger charge is -2.20. The lowest BCUT2D eigenvalue weighted by Crippen LogP contribution is -2.28. The van der Waals surface area contributed by atoms with Crippen LogP contribution in [-0.2, 0) is 11.3 Å². The summed E-state index contributed by atoms with van der Waals surface area (Å²) in [5, 5.41) is 56.5. The summed E-state index contributed by atoms with van der Waals surface area (Å²) >= 11 is 0. The van der Waals surface area contributed by atoms with Gasteiger partial charge in [0.15, 0.2) is 0 Å². The van der Waals surface area contributed by atoms with Crippen molar-refractivity contribution in [2.45, 2.75) is 89.3 Å². The van der Waals surface area contributed by atoms with Crippen LogP contribution in [0.15, 0.2) is 84.9 Å². The molecule has 0 spiro atoms. The fourth-order valence-corrected chi connectivity index (χ4v) is 6.42. The molecule has 274 valence electrons. The van der Waals surface area contributed by atoms with Crippen LogP contribution < -0.4 is 10.6 Å². The third kappa shape index (κ3) is 11.6. The van der Waals surface area contributed by atoms with Gasteiger partial charge in [0, 0.05) is 23.5 Å². The van der Waals surface area contributed by atoms with Crippen LogP contribution in [0, 0.1) is 5.82 Å². The number of carboxylic acid groups (broad SMARTS) is 1. The van der Waals surface area contributed by atoms with Gasteiger partial charge in [0.2, 0.25) is 0 Å². The van der Waals surface area contributed by atoms with Gasteiger partial charge in [-0.15, -0.1) is 0 Å². The molecule has 11 heteroatoms. The van der Waals surface area contributed by atoms with Crippen LogP contribution in [0.4, 0.5) is 10.1 Å². The van der Waals surface area contributed by atoms with E-state index in [2.05, 4.69) is 15.2 Å². The lowest BCUT2D eigenvalue weighted by molar-refractivity contribution is -0.139. The SMILES string of the molecule is CC(C)c1c(C(=O)Nc2ccccc2)c(-c2ccccc2)c(-c2ccc(F)cc2)n1CC[C@@H](O)C[C@H](O)CCNCC[C@@H](O)C[C@@H](O)CC(=O)O. The summed E-state index contributed by atoms with van der Waals surface area (Å²) in [5.41, 5.74) is 4.91. The first kappa shape index (κ1) is 39.4. The maximum absolute atomic E-state index is 14.2. The first-order valence-electron chi connectivity index (χ1n) is 17.5. The van der Waals surface area contributed by atoms with Crippen LogP contribution >= 0.6 is 0 Å². The van der Waals surface area contributed by atoms with Crippen molar-refractivity contribution in [1.82, 2.24) is 9.88 Å². The molecule has 1 heterocycles. The number of aliphatic carboxylic acids is 1. The maximum atomic E-state index is 14.2. The van der Waals surface area contributed by atoms with Gasteiger partial charge in [-0.05, 0) is 98.6 Å². The number of benzene rings is 3. The Hall–Kier alpha value is -4.39. The number of carboxylic acids is 1. The second-order valence-corrected chi connectivity index (χ2v) is 13.3. The van der Waals surface area contributed by atoms with Gasteiger partial charge in [0.05, 0.1) is 42.1 Å². The Morgan fingerprint density at radius 2 is 1.27 bits per heavy atom. The summed E-state index contributed by atoms with van der Waals surface area (Å²) < 4.78 is 16.2. The largest absolute Gasteiger partial charge is 0.481 e. The lowest BCUT2D eigenvalue weighted by atomic mass is 9.94. The molecule has 0 fully saturated rings. The molecular weight excluding hydrogens is 653 g/mol. The summed E-state index contributed by atoms with van der Waals surface area (Å²) in [5.74, 6) is -1.89. The Labute approximate surface area is 298 Å². The highest BCUT2D eigenvalue weighted by molar-refractivity contribution is 6.12. The van der Waals surface area contributed by atoms with E-state index < -0.39 is 36.8 Å². The number of aliphatic hydroxyl groups excluding tert-OH is 4. The number of para-hydroxylation sites is 1. The number of anilines is 1. The van der Waals surface area contributed by atoms with E-state index in [0.29, 0.717) is 49.3 Å². The second-order valence-electron chi connectivity index (χ2n) is 13.3. The van der Waals surface area contributed by atoms with Gasteiger partial charge < -0.3 is 40.7 Å². The topological polar surface area (TPSA) is 164 Å². The molecule has 3 aromatic carbocycles. The molecule has 1 amide bonds. The number of amides is 1. The number of aliphatic hydroxyl groups is 4. The average molecular weight is 704 g/mol. The maximum Gasteiger partial charge on any atom is 0.305 e. The first-order chi connectivity index (χ1) is 24.4. The zero-order valence-corrected chi connectivity index (χ0v) is 29.2. The van der Waals surface area contributed by atoms with E-state index in [1.165, 1.54) is 12.1 Å². The molecule has 51 heavy (non-hydrogen) atoms. The molecular formula is C40H50FN3O7. The Morgan fingerprint density at radius 3 is 1.84 bits per heavy atom. The fourth-order valence-electron chi connectivity index (χ4n) is 6.42. The van der Waals surface area contributed by atoms with Gasteiger partial charge in [-0.3, -0.25) is 9.59 Å². The van der Waals surface area contributed by atoms with Crippen molar-refractivity contribution < 1.29 is 39.5 Å². The molecule has 0 unspecified atom stereocenters. The summed E-state index contributed by atoms with van der Waals surface area (Å²) in [6.07, 6.45) is -2.99. The molecule has 0 radical (unpaired) electrons. The number of hydrogen-bond donors (Lipinski definition) is 7. The van der Waals surface area contributed by atoms with Gasteiger partial charge in [0.25, 0.3) is 5.91 Å². The van der Waals surface area contributed by atoms with E-state index in [1.807, 2.05) is 74.5 Å². The fraction of sp³-hybridized carbons (Fsp3) is 0.400. The quantitative estimate of drug-likeness (QED) is 0.0569. The Kier molecular flexibility index (Phi) is 14.9. The number of carbonyl (C=O) groups is 2. The van der Waals surface area contributed by atoms with Crippen molar-refractivity contribution in [3.05, 3.63) is 102 Å². The van der Waals surface area contributed by atoms with Gasteiger partial charge in [-0.2, -0.15) is 0 Å². The van der Waals surface area contributed by atoms with E-state index in [0.717, 1.165) is 22.5 Å². The Morgan fingerprint density at radius 1 is 0.725 bits per heavy atom. The van der Waals surface area contributed by atoms with Crippen molar-refractivity contribution >= 4 is 17.6 Å². The molecule has 0 aliphatic heterocycles. The van der Waals surface area contributed by atoms with E-state index in [1.54, 1.807) is 12.1 Å². The monoisotopic (exact) mass is 703 g/mol. The van der Waals surface area contributed by atoms with Crippen molar-refractivity contribution in [3.63, 3.8) is 0 Å². The minimum absolute atomic E-state index is 0.0301. The summed E-state index contributed by atoms with van der Waals surface area (Å²) in [6, 6.07) is 25.0. The minimum Gasteiger partial charge on any atom is -0.481 e. The molecule has 1 aromatic heterocycles. The summed E-state index contributed by atoms with van der Waals surface area (Å²) in [4.78, 5) is 24.9. The standard InChI is InChI=1S/C40H50FN3O7/c1-26(2)38-37(40(51)43-30-11-7-4-8-12-30)36(27-9-5-3-6-10-27)39(28-13-15-29(41)16-14-28)44(38)22-19-33(47)23-31(45)17-20-42-21-18-32(46)24-34(48)25-35(49)50/h3-16,26,31-34,42,45-48H,17-25H2,1-2H3,(H,43,51)(H,49,50)/t31-,32-,33-,34-/m1/s1. The number of rotatable bonds is 20. The molecule has 10 nitrogen and oxygen atoms in total. The van der Waals surface area contributed by atoms with Gasteiger partial charge in [-0.25, -0.2) is 4.39 Å². The number of carbonyl (C=O) groups excluding carboxylic acids is 1. The van der Waals surface area contributed by atoms with Gasteiger partial charge in [-0.1, -0.05) is 62.4 Å². The Balaban J connectivity index is 1.53. The van der Waals surface area contributed by atoms with Crippen LogP contribution in [0.25, 0.3) is 22.4 Å². The summed E-state index contributed by atoms with van der Waals surface area (Å²) in [6.45, 7) is 5.20. The van der Waals surface area contributed by atoms with E-state index in [4.69, 9.17) is 5.11 Å². The number of halogens is 1. The number of nitrogens with one attached hydrogen (secondary N) is 2. The number of hydrogen-bond acceptors (Lipinski definition) is 7.